The first-order valence-electron chi connectivity index (χ1n) is 13.3. The lowest BCUT2D eigenvalue weighted by Gasteiger charge is -2.33. The number of fused-ring (bicyclic) bond motifs is 2. The SMILES string of the molecule is COc1c(-c2cc3c(s2)CCCC3NC(=O)N(C(C)C)C(C)C)ccc2c(=O)c(C(=O)O)cn(C3CC3)c12. The molecule has 2 heterocycles. The molecule has 1 aromatic carbocycles. The molecule has 2 amide bonds. The van der Waals surface area contributed by atoms with E-state index in [1.165, 1.54) is 11.1 Å². The quantitative estimate of drug-likeness (QED) is 0.386. The van der Waals surface area contributed by atoms with Crippen molar-refractivity contribution in [1.29, 1.82) is 0 Å². The zero-order chi connectivity index (χ0) is 27.3. The molecular formula is C29H35N3O5S. The van der Waals surface area contributed by atoms with Gasteiger partial charge in [-0.3, -0.25) is 4.79 Å². The van der Waals surface area contributed by atoms with E-state index >= 15 is 0 Å². The number of rotatable bonds is 7. The largest absolute Gasteiger partial charge is 0.494 e. The Labute approximate surface area is 226 Å². The van der Waals surface area contributed by atoms with Crippen molar-refractivity contribution in [2.45, 2.75) is 84.0 Å². The van der Waals surface area contributed by atoms with Gasteiger partial charge in [-0.15, -0.1) is 11.3 Å². The van der Waals surface area contributed by atoms with E-state index < -0.39 is 11.4 Å². The fourth-order valence-corrected chi connectivity index (χ4v) is 7.03. The highest BCUT2D eigenvalue weighted by Gasteiger charge is 2.31. The minimum absolute atomic E-state index is 0.0495. The topological polar surface area (TPSA) is 101 Å². The van der Waals surface area contributed by atoms with Crippen molar-refractivity contribution in [1.82, 2.24) is 14.8 Å². The standard InChI is InChI=1S/C29H35N3O5S/c1-15(2)32(16(3)4)29(36)30-22-7-6-8-23-20(22)13-24(38-23)18-11-12-19-25(27(18)37-5)31(17-9-10-17)14-21(26(19)33)28(34)35/h11-17,22H,6-10H2,1-5H3,(H,30,36)(H,34,35). The van der Waals surface area contributed by atoms with E-state index in [1.54, 1.807) is 24.5 Å². The van der Waals surface area contributed by atoms with Crippen LogP contribution in [0.15, 0.2) is 29.2 Å². The van der Waals surface area contributed by atoms with Gasteiger partial charge in [-0.25, -0.2) is 9.59 Å². The normalized spacial score (nSPS) is 17.1. The van der Waals surface area contributed by atoms with Crippen LogP contribution in [0.1, 0.15) is 86.3 Å². The molecule has 0 bridgehead atoms. The van der Waals surface area contributed by atoms with Crippen LogP contribution in [0.2, 0.25) is 0 Å². The first-order valence-corrected chi connectivity index (χ1v) is 14.1. The van der Waals surface area contributed by atoms with Crippen molar-refractivity contribution in [3.8, 4) is 16.2 Å². The number of thiophene rings is 1. The van der Waals surface area contributed by atoms with Gasteiger partial charge in [0, 0.05) is 39.6 Å². The maximum atomic E-state index is 13.2. The highest BCUT2D eigenvalue weighted by atomic mass is 32.1. The van der Waals surface area contributed by atoms with Gasteiger partial charge in [-0.05, 0) is 83.6 Å². The number of benzene rings is 1. The Morgan fingerprint density at radius 2 is 1.87 bits per heavy atom. The fourth-order valence-electron chi connectivity index (χ4n) is 5.74. The fraction of sp³-hybridized carbons (Fsp3) is 0.483. The highest BCUT2D eigenvalue weighted by Crippen LogP contribution is 2.46. The zero-order valence-electron chi connectivity index (χ0n) is 22.5. The Balaban J connectivity index is 1.58. The molecule has 0 saturated heterocycles. The molecule has 2 aliphatic rings. The second-order valence-corrected chi connectivity index (χ2v) is 12.0. The monoisotopic (exact) mass is 537 g/mol. The van der Waals surface area contributed by atoms with Gasteiger partial charge in [0.2, 0.25) is 5.43 Å². The Hall–Kier alpha value is -3.33. The Morgan fingerprint density at radius 3 is 2.47 bits per heavy atom. The molecule has 0 aliphatic heterocycles. The Bertz CT molecular complexity index is 1460. The second kappa shape index (κ2) is 10.1. The van der Waals surface area contributed by atoms with Gasteiger partial charge >= 0.3 is 12.0 Å². The van der Waals surface area contributed by atoms with E-state index in [2.05, 4.69) is 11.4 Å². The van der Waals surface area contributed by atoms with Crippen molar-refractivity contribution in [2.24, 2.45) is 0 Å². The van der Waals surface area contributed by atoms with Gasteiger partial charge in [0.1, 0.15) is 5.56 Å². The summed E-state index contributed by atoms with van der Waals surface area (Å²) in [6, 6.07) is 5.97. The van der Waals surface area contributed by atoms with Crippen LogP contribution in [-0.2, 0) is 6.42 Å². The second-order valence-electron chi connectivity index (χ2n) is 10.8. The summed E-state index contributed by atoms with van der Waals surface area (Å²) in [4.78, 5) is 42.1. The van der Waals surface area contributed by atoms with Crippen molar-refractivity contribution in [3.05, 3.63) is 50.6 Å². The molecule has 1 saturated carbocycles. The number of ether oxygens (including phenoxy) is 1. The molecule has 0 radical (unpaired) electrons. The molecule has 1 fully saturated rings. The molecule has 1 atom stereocenters. The minimum Gasteiger partial charge on any atom is -0.494 e. The number of amides is 2. The number of pyridine rings is 1. The van der Waals surface area contributed by atoms with E-state index in [-0.39, 0.29) is 35.8 Å². The molecule has 0 spiro atoms. The summed E-state index contributed by atoms with van der Waals surface area (Å²) in [6.07, 6.45) is 6.17. The number of aryl methyl sites for hydroxylation is 1. The number of hydrogen-bond acceptors (Lipinski definition) is 5. The first-order chi connectivity index (χ1) is 18.1. The van der Waals surface area contributed by atoms with Crippen LogP contribution in [0, 0.1) is 0 Å². The number of nitrogens with one attached hydrogen (secondary N) is 1. The van der Waals surface area contributed by atoms with Gasteiger partial charge in [-0.2, -0.15) is 0 Å². The van der Waals surface area contributed by atoms with Gasteiger partial charge in [-0.1, -0.05) is 0 Å². The number of carbonyl (C=O) groups is 2. The number of nitrogens with zero attached hydrogens (tertiary/aromatic N) is 2. The Morgan fingerprint density at radius 1 is 1.16 bits per heavy atom. The first kappa shape index (κ1) is 26.3. The van der Waals surface area contributed by atoms with Crippen LogP contribution >= 0.6 is 11.3 Å². The van der Waals surface area contributed by atoms with Crippen LogP contribution in [0.5, 0.6) is 5.75 Å². The number of aromatic nitrogens is 1. The lowest BCUT2D eigenvalue weighted by molar-refractivity contribution is 0.0694. The molecule has 3 aromatic rings. The summed E-state index contributed by atoms with van der Waals surface area (Å²) >= 11 is 1.69. The van der Waals surface area contributed by atoms with Gasteiger partial charge in [0.25, 0.3) is 0 Å². The summed E-state index contributed by atoms with van der Waals surface area (Å²) in [5.74, 6) is -0.643. The van der Waals surface area contributed by atoms with Gasteiger partial charge in [0.05, 0.1) is 24.1 Å². The molecule has 1 unspecified atom stereocenters. The number of hydrogen-bond donors (Lipinski definition) is 2. The summed E-state index contributed by atoms with van der Waals surface area (Å²) in [5, 5.41) is 13.2. The minimum atomic E-state index is -1.22. The molecule has 2 aliphatic carbocycles. The maximum Gasteiger partial charge on any atom is 0.341 e. The highest BCUT2D eigenvalue weighted by molar-refractivity contribution is 7.15. The number of carbonyl (C=O) groups excluding carboxylic acids is 1. The summed E-state index contributed by atoms with van der Waals surface area (Å²) in [6.45, 7) is 8.12. The van der Waals surface area contributed by atoms with Crippen LogP contribution in [-0.4, -0.2) is 45.8 Å². The van der Waals surface area contributed by atoms with E-state index in [0.29, 0.717) is 16.7 Å². The van der Waals surface area contributed by atoms with Crippen molar-refractivity contribution >= 4 is 34.2 Å². The lowest BCUT2D eigenvalue weighted by Crippen LogP contribution is -2.48. The molecule has 38 heavy (non-hydrogen) atoms. The average Bonchev–Trinajstić information content (AvgIpc) is 3.60. The molecular weight excluding hydrogens is 502 g/mol. The third kappa shape index (κ3) is 4.57. The maximum absolute atomic E-state index is 13.2. The molecule has 8 nitrogen and oxygen atoms in total. The number of carboxylic acids is 1. The van der Waals surface area contributed by atoms with Crippen molar-refractivity contribution in [3.63, 3.8) is 0 Å². The number of urea groups is 1. The van der Waals surface area contributed by atoms with Crippen molar-refractivity contribution in [2.75, 3.05) is 7.11 Å². The summed E-state index contributed by atoms with van der Waals surface area (Å²) in [7, 11) is 1.59. The number of carboxylic acid groups (broad SMARTS) is 1. The molecule has 2 aromatic heterocycles. The number of aromatic carboxylic acids is 1. The summed E-state index contributed by atoms with van der Waals surface area (Å²) in [5.41, 5.74) is 1.93. The zero-order valence-corrected chi connectivity index (χ0v) is 23.4. The molecule has 9 heteroatoms. The third-order valence-electron chi connectivity index (χ3n) is 7.55. The third-order valence-corrected chi connectivity index (χ3v) is 8.79. The van der Waals surface area contributed by atoms with E-state index in [0.717, 1.165) is 48.1 Å². The number of methoxy groups -OCH3 is 1. The van der Waals surface area contributed by atoms with E-state index in [4.69, 9.17) is 4.74 Å². The predicted octanol–water partition coefficient (Wildman–Crippen LogP) is 5.98. The van der Waals surface area contributed by atoms with E-state index in [9.17, 15) is 19.5 Å². The van der Waals surface area contributed by atoms with Gasteiger partial charge < -0.3 is 24.6 Å². The average molecular weight is 538 g/mol. The Kier molecular flexibility index (Phi) is 6.98. The van der Waals surface area contributed by atoms with Crippen LogP contribution < -0.4 is 15.5 Å². The molecule has 202 valence electrons. The van der Waals surface area contributed by atoms with Crippen LogP contribution in [0.4, 0.5) is 4.79 Å². The summed E-state index contributed by atoms with van der Waals surface area (Å²) < 4.78 is 7.83. The smallest absolute Gasteiger partial charge is 0.341 e. The lowest BCUT2D eigenvalue weighted by atomic mass is 9.93. The molecule has 5 rings (SSSR count). The van der Waals surface area contributed by atoms with Crippen LogP contribution in [0.3, 0.4) is 0 Å². The predicted molar refractivity (Wildman–Crippen MR) is 150 cm³/mol. The van der Waals surface area contributed by atoms with Crippen LogP contribution in [0.25, 0.3) is 21.3 Å². The van der Waals surface area contributed by atoms with Crippen molar-refractivity contribution < 1.29 is 19.4 Å². The molecule has 2 N–H and O–H groups in total. The van der Waals surface area contributed by atoms with Gasteiger partial charge in [0.15, 0.2) is 5.75 Å². The van der Waals surface area contributed by atoms with E-state index in [1.807, 2.05) is 43.2 Å².